The molecule has 2 N–H and O–H groups in total. The third-order valence-electron chi connectivity index (χ3n) is 4.53. The number of hydrogen-bond acceptors (Lipinski definition) is 5. The molecule has 3 heterocycles. The van der Waals surface area contributed by atoms with Crippen LogP contribution in [0.4, 0.5) is 5.95 Å². The van der Waals surface area contributed by atoms with Gasteiger partial charge in [-0.2, -0.15) is 0 Å². The summed E-state index contributed by atoms with van der Waals surface area (Å²) in [7, 11) is 0. The minimum Gasteiger partial charge on any atom is -0.472 e. The van der Waals surface area contributed by atoms with E-state index < -0.39 is 0 Å². The maximum absolute atomic E-state index is 5.58. The maximum Gasteiger partial charge on any atom is 0.219 e. The first-order valence-corrected chi connectivity index (χ1v) is 8.46. The summed E-state index contributed by atoms with van der Waals surface area (Å²) >= 11 is 0. The van der Waals surface area contributed by atoms with Crippen molar-refractivity contribution in [2.75, 3.05) is 5.73 Å². The fourth-order valence-corrected chi connectivity index (χ4v) is 3.15. The lowest BCUT2D eigenvalue weighted by atomic mass is 10.1. The lowest BCUT2D eigenvalue weighted by Crippen LogP contribution is -1.95. The maximum atomic E-state index is 5.58. The highest BCUT2D eigenvalue weighted by molar-refractivity contribution is 5.83. The summed E-state index contributed by atoms with van der Waals surface area (Å²) in [5, 5.41) is 0. The number of nitrogen functional groups attached to an aromatic ring is 1. The third-order valence-corrected chi connectivity index (χ3v) is 4.53. The fourth-order valence-electron chi connectivity index (χ4n) is 3.15. The molecule has 0 saturated heterocycles. The first-order chi connectivity index (χ1) is 13.3. The summed E-state index contributed by atoms with van der Waals surface area (Å²) in [6.45, 7) is 0. The molecule has 0 aliphatic heterocycles. The smallest absolute Gasteiger partial charge is 0.219 e. The topological polar surface area (TPSA) is 82.8 Å². The Morgan fingerprint density at radius 3 is 2.48 bits per heavy atom. The molecule has 6 nitrogen and oxygen atoms in total. The molecule has 0 saturated carbocycles. The van der Waals surface area contributed by atoms with E-state index in [1.165, 1.54) is 0 Å². The second kappa shape index (κ2) is 6.10. The zero-order valence-electron chi connectivity index (χ0n) is 14.3. The van der Waals surface area contributed by atoms with E-state index >= 15 is 0 Å². The van der Waals surface area contributed by atoms with Crippen LogP contribution in [0.1, 0.15) is 0 Å². The summed E-state index contributed by atoms with van der Waals surface area (Å²) in [6.07, 6.45) is 8.69. The Bertz CT molecular complexity index is 1220. The van der Waals surface area contributed by atoms with E-state index in [4.69, 9.17) is 10.2 Å². The van der Waals surface area contributed by atoms with Crippen LogP contribution in [-0.2, 0) is 0 Å². The van der Waals surface area contributed by atoms with Crippen LogP contribution in [0.25, 0.3) is 39.0 Å². The van der Waals surface area contributed by atoms with Crippen LogP contribution in [0.2, 0.25) is 0 Å². The number of imidazole rings is 1. The molecular weight excluding hydrogens is 338 g/mol. The first kappa shape index (κ1) is 15.3. The van der Waals surface area contributed by atoms with Crippen molar-refractivity contribution in [2.24, 2.45) is 0 Å². The van der Waals surface area contributed by atoms with Crippen LogP contribution in [0, 0.1) is 0 Å². The van der Waals surface area contributed by atoms with Crippen molar-refractivity contribution in [3.8, 4) is 27.9 Å². The van der Waals surface area contributed by atoms with Crippen molar-refractivity contribution in [1.82, 2.24) is 19.5 Å². The SMILES string of the molecule is Nc1ncc(-c2cccc(-n3cnc4cc(-c5ccoc5)ccc43)c2)cn1. The number of anilines is 1. The van der Waals surface area contributed by atoms with Gasteiger partial charge in [-0.25, -0.2) is 15.0 Å². The van der Waals surface area contributed by atoms with Crippen molar-refractivity contribution in [2.45, 2.75) is 0 Å². The Morgan fingerprint density at radius 2 is 1.67 bits per heavy atom. The molecule has 2 aromatic carbocycles. The second-order valence-corrected chi connectivity index (χ2v) is 6.21. The van der Waals surface area contributed by atoms with E-state index in [-0.39, 0.29) is 5.95 Å². The highest BCUT2D eigenvalue weighted by Gasteiger charge is 2.08. The van der Waals surface area contributed by atoms with Crippen LogP contribution >= 0.6 is 0 Å². The normalized spacial score (nSPS) is 11.1. The minimum absolute atomic E-state index is 0.268. The van der Waals surface area contributed by atoms with Gasteiger partial charge in [0.15, 0.2) is 0 Å². The molecule has 5 rings (SSSR count). The van der Waals surface area contributed by atoms with Crippen molar-refractivity contribution in [3.63, 3.8) is 0 Å². The van der Waals surface area contributed by atoms with Gasteiger partial charge in [-0.3, -0.25) is 4.57 Å². The van der Waals surface area contributed by atoms with E-state index in [2.05, 4.69) is 43.8 Å². The number of rotatable bonds is 3. The Labute approximate surface area is 154 Å². The second-order valence-electron chi connectivity index (χ2n) is 6.21. The standard InChI is InChI=1S/C21H15N5O/c22-21-23-10-17(11-24-21)14-2-1-3-18(8-14)26-13-25-19-9-15(4-5-20(19)26)16-6-7-27-12-16/h1-13H,(H2,22,23,24). The predicted molar refractivity (Wildman–Crippen MR) is 104 cm³/mol. The summed E-state index contributed by atoms with van der Waals surface area (Å²) < 4.78 is 7.24. The number of nitrogens with zero attached hydrogens (tertiary/aromatic N) is 4. The van der Waals surface area contributed by atoms with Gasteiger partial charge in [0.1, 0.15) is 6.33 Å². The van der Waals surface area contributed by atoms with Gasteiger partial charge >= 0.3 is 0 Å². The molecule has 0 spiro atoms. The highest BCUT2D eigenvalue weighted by Crippen LogP contribution is 2.27. The quantitative estimate of drug-likeness (QED) is 0.522. The van der Waals surface area contributed by atoms with Gasteiger partial charge in [0.05, 0.1) is 23.6 Å². The molecule has 0 aliphatic carbocycles. The van der Waals surface area contributed by atoms with Gasteiger partial charge in [-0.05, 0) is 41.5 Å². The zero-order chi connectivity index (χ0) is 18.2. The summed E-state index contributed by atoms with van der Waals surface area (Å²) in [5.41, 5.74) is 12.6. The van der Waals surface area contributed by atoms with Gasteiger partial charge in [-0.15, -0.1) is 0 Å². The predicted octanol–water partition coefficient (Wildman–Crippen LogP) is 4.32. The average Bonchev–Trinajstić information content (AvgIpc) is 3.38. The highest BCUT2D eigenvalue weighted by atomic mass is 16.3. The number of aromatic nitrogens is 4. The van der Waals surface area contributed by atoms with E-state index in [0.29, 0.717) is 0 Å². The molecule has 3 aromatic heterocycles. The molecule has 27 heavy (non-hydrogen) atoms. The van der Waals surface area contributed by atoms with Crippen molar-refractivity contribution in [1.29, 1.82) is 0 Å². The molecular formula is C21H15N5O. The van der Waals surface area contributed by atoms with E-state index in [9.17, 15) is 0 Å². The van der Waals surface area contributed by atoms with E-state index in [1.807, 2.05) is 30.6 Å². The molecule has 5 aromatic rings. The molecule has 0 unspecified atom stereocenters. The van der Waals surface area contributed by atoms with E-state index in [1.54, 1.807) is 24.9 Å². The van der Waals surface area contributed by atoms with Crippen LogP contribution < -0.4 is 5.73 Å². The Balaban J connectivity index is 1.57. The number of benzene rings is 2. The third kappa shape index (κ3) is 2.73. The molecule has 0 amide bonds. The number of fused-ring (bicyclic) bond motifs is 1. The Kier molecular flexibility index (Phi) is 3.47. The van der Waals surface area contributed by atoms with Gasteiger partial charge in [-0.1, -0.05) is 18.2 Å². The lowest BCUT2D eigenvalue weighted by Gasteiger charge is -2.08. The Morgan fingerprint density at radius 1 is 0.815 bits per heavy atom. The van der Waals surface area contributed by atoms with Crippen LogP contribution in [0.5, 0.6) is 0 Å². The van der Waals surface area contributed by atoms with Crippen molar-refractivity contribution >= 4 is 17.0 Å². The first-order valence-electron chi connectivity index (χ1n) is 8.46. The van der Waals surface area contributed by atoms with Crippen LogP contribution in [0.3, 0.4) is 0 Å². The summed E-state index contributed by atoms with van der Waals surface area (Å²) in [5.74, 6) is 0.268. The molecule has 0 radical (unpaired) electrons. The fraction of sp³-hybridized carbons (Fsp3) is 0. The number of hydrogen-bond donors (Lipinski definition) is 1. The summed E-state index contributed by atoms with van der Waals surface area (Å²) in [4.78, 5) is 12.7. The monoisotopic (exact) mass is 353 g/mol. The van der Waals surface area contributed by atoms with Crippen molar-refractivity contribution < 1.29 is 4.42 Å². The van der Waals surface area contributed by atoms with E-state index in [0.717, 1.165) is 39.0 Å². The molecule has 0 aliphatic rings. The Hall–Kier alpha value is -3.93. The number of furan rings is 1. The van der Waals surface area contributed by atoms with Crippen LogP contribution in [0.15, 0.2) is 84.2 Å². The minimum atomic E-state index is 0.268. The molecule has 6 heteroatoms. The van der Waals surface area contributed by atoms with Crippen LogP contribution in [-0.4, -0.2) is 19.5 Å². The van der Waals surface area contributed by atoms with Gasteiger partial charge < -0.3 is 10.2 Å². The largest absolute Gasteiger partial charge is 0.472 e. The summed E-state index contributed by atoms with van der Waals surface area (Å²) in [6, 6.07) is 16.3. The molecule has 0 fully saturated rings. The zero-order valence-corrected chi connectivity index (χ0v) is 14.3. The van der Waals surface area contributed by atoms with Crippen molar-refractivity contribution in [3.05, 3.63) is 79.8 Å². The number of nitrogens with two attached hydrogens (primary N) is 1. The van der Waals surface area contributed by atoms with Gasteiger partial charge in [0.25, 0.3) is 0 Å². The molecule has 130 valence electrons. The molecule has 0 atom stereocenters. The van der Waals surface area contributed by atoms with Gasteiger partial charge in [0, 0.05) is 29.2 Å². The molecule has 0 bridgehead atoms. The average molecular weight is 353 g/mol. The van der Waals surface area contributed by atoms with Gasteiger partial charge in [0.2, 0.25) is 5.95 Å². The lowest BCUT2D eigenvalue weighted by molar-refractivity contribution is 0.568.